The summed E-state index contributed by atoms with van der Waals surface area (Å²) in [6.07, 6.45) is 1.61. The Bertz CT molecular complexity index is 1360. The van der Waals surface area contributed by atoms with Gasteiger partial charge in [0.1, 0.15) is 5.57 Å². The fourth-order valence-corrected chi connectivity index (χ4v) is 4.54. The summed E-state index contributed by atoms with van der Waals surface area (Å²) in [5.41, 5.74) is 4.07. The Morgan fingerprint density at radius 3 is 2.45 bits per heavy atom. The second-order valence-corrected chi connectivity index (χ2v) is 8.94. The Morgan fingerprint density at radius 1 is 1.00 bits per heavy atom. The molecule has 0 radical (unpaired) electrons. The number of amides is 2. The molecule has 166 valence electrons. The number of nitrogens with zero attached hydrogens (tertiary/aromatic N) is 2. The highest BCUT2D eigenvalue weighted by molar-refractivity contribution is 9.10. The molecule has 3 aromatic rings. The van der Waals surface area contributed by atoms with E-state index in [-0.39, 0.29) is 17.5 Å². The number of hydrogen-bond donors (Lipinski definition) is 1. The maximum Gasteiger partial charge on any atom is 0.270 e. The summed E-state index contributed by atoms with van der Waals surface area (Å²) in [4.78, 5) is 27.3. The zero-order valence-electron chi connectivity index (χ0n) is 17.7. The van der Waals surface area contributed by atoms with Gasteiger partial charge in [-0.3, -0.25) is 19.8 Å². The van der Waals surface area contributed by atoms with Gasteiger partial charge in [0.2, 0.25) is 6.79 Å². The van der Waals surface area contributed by atoms with Crippen molar-refractivity contribution in [1.29, 1.82) is 0 Å². The van der Waals surface area contributed by atoms with E-state index in [1.807, 2.05) is 54.8 Å². The minimum atomic E-state index is -0.522. The molecule has 0 unspecified atom stereocenters. The summed E-state index contributed by atoms with van der Waals surface area (Å²) in [5, 5.41) is 2.68. The molecule has 0 spiro atoms. The Kier molecular flexibility index (Phi) is 5.30. The lowest BCUT2D eigenvalue weighted by molar-refractivity contribution is -0.122. The van der Waals surface area contributed by atoms with Gasteiger partial charge in [-0.15, -0.1) is 0 Å². The van der Waals surface area contributed by atoms with Crippen LogP contribution in [0.1, 0.15) is 17.0 Å². The van der Waals surface area contributed by atoms with Crippen molar-refractivity contribution >= 4 is 56.8 Å². The third-order valence-corrected chi connectivity index (χ3v) is 6.38. The van der Waals surface area contributed by atoms with E-state index in [2.05, 4.69) is 21.2 Å². The first kappa shape index (κ1) is 21.4. The lowest BCUT2D eigenvalue weighted by Crippen LogP contribution is -2.54. The number of aromatic nitrogens is 1. The number of halogens is 1. The third-order valence-electron chi connectivity index (χ3n) is 5.57. The summed E-state index contributed by atoms with van der Waals surface area (Å²) in [5.74, 6) is 0.391. The van der Waals surface area contributed by atoms with E-state index in [0.29, 0.717) is 17.2 Å². The quantitative estimate of drug-likeness (QED) is 0.312. The number of nitrogens with one attached hydrogen (secondary N) is 1. The summed E-state index contributed by atoms with van der Waals surface area (Å²) >= 11 is 8.66. The molecular weight excluding hydrogens is 506 g/mol. The van der Waals surface area contributed by atoms with Gasteiger partial charge in [0.25, 0.3) is 11.8 Å². The molecule has 0 saturated carbocycles. The van der Waals surface area contributed by atoms with Crippen LogP contribution in [0, 0.1) is 13.8 Å². The van der Waals surface area contributed by atoms with Gasteiger partial charge in [-0.25, -0.2) is 0 Å². The normalized spacial score (nSPS) is 16.5. The van der Waals surface area contributed by atoms with Crippen LogP contribution in [0.4, 0.5) is 5.69 Å². The van der Waals surface area contributed by atoms with E-state index in [4.69, 9.17) is 21.7 Å². The second-order valence-electron chi connectivity index (χ2n) is 7.63. The zero-order chi connectivity index (χ0) is 23.3. The minimum Gasteiger partial charge on any atom is -0.454 e. The highest BCUT2D eigenvalue weighted by Gasteiger charge is 2.34. The van der Waals surface area contributed by atoms with Crippen LogP contribution in [0.3, 0.4) is 0 Å². The second kappa shape index (κ2) is 8.17. The molecule has 1 saturated heterocycles. The summed E-state index contributed by atoms with van der Waals surface area (Å²) < 4.78 is 13.8. The number of fused-ring (bicyclic) bond motifs is 1. The number of hydrogen-bond acceptors (Lipinski definition) is 5. The fourth-order valence-electron chi connectivity index (χ4n) is 3.99. The van der Waals surface area contributed by atoms with Crippen LogP contribution >= 0.6 is 28.1 Å². The number of benzene rings is 2. The molecule has 0 atom stereocenters. The van der Waals surface area contributed by atoms with E-state index in [1.54, 1.807) is 18.2 Å². The highest BCUT2D eigenvalue weighted by atomic mass is 79.9. The highest BCUT2D eigenvalue weighted by Crippen LogP contribution is 2.35. The smallest absolute Gasteiger partial charge is 0.270 e. The van der Waals surface area contributed by atoms with E-state index in [1.165, 1.54) is 4.90 Å². The van der Waals surface area contributed by atoms with Gasteiger partial charge in [0.05, 0.1) is 5.69 Å². The molecule has 2 amide bonds. The number of aryl methyl sites for hydroxylation is 1. The topological polar surface area (TPSA) is 72.8 Å². The average Bonchev–Trinajstić information content (AvgIpc) is 3.35. The first-order chi connectivity index (χ1) is 15.8. The van der Waals surface area contributed by atoms with Gasteiger partial charge in [-0.2, -0.15) is 0 Å². The third kappa shape index (κ3) is 3.73. The van der Waals surface area contributed by atoms with Crippen molar-refractivity contribution in [2.24, 2.45) is 0 Å². The number of carbonyl (C=O) groups excluding carboxylic acids is 2. The molecule has 1 aromatic heterocycles. The molecule has 1 N–H and O–H groups in total. The van der Waals surface area contributed by atoms with Crippen molar-refractivity contribution in [3.8, 4) is 17.2 Å². The molecule has 7 nitrogen and oxygen atoms in total. The Morgan fingerprint density at radius 2 is 1.70 bits per heavy atom. The predicted octanol–water partition coefficient (Wildman–Crippen LogP) is 4.42. The van der Waals surface area contributed by atoms with Crippen LogP contribution in [0.25, 0.3) is 11.8 Å². The molecule has 2 aliphatic rings. The zero-order valence-corrected chi connectivity index (χ0v) is 20.1. The van der Waals surface area contributed by atoms with Gasteiger partial charge in [-0.1, -0.05) is 15.9 Å². The molecule has 1 fully saturated rings. The maximum absolute atomic E-state index is 13.3. The van der Waals surface area contributed by atoms with E-state index in [0.717, 1.165) is 27.1 Å². The van der Waals surface area contributed by atoms with Crippen molar-refractivity contribution in [1.82, 2.24) is 9.88 Å². The van der Waals surface area contributed by atoms with Crippen molar-refractivity contribution in [2.45, 2.75) is 13.8 Å². The minimum absolute atomic E-state index is 0.0115. The standard InChI is InChI=1S/C24H18BrN3O4S/c1-13-9-15(14(2)27(13)18-7-8-20-21(11-18)32-12-31-20)10-19-22(29)26-24(33)28(23(19)30)17-5-3-16(25)4-6-17/h3-11H,12H2,1-2H3,(H,26,29,33). The van der Waals surface area contributed by atoms with Crippen LogP contribution in [0.15, 0.2) is 58.6 Å². The molecule has 2 aromatic carbocycles. The number of ether oxygens (including phenoxy) is 2. The predicted molar refractivity (Wildman–Crippen MR) is 132 cm³/mol. The molecule has 33 heavy (non-hydrogen) atoms. The lowest BCUT2D eigenvalue weighted by Gasteiger charge is -2.29. The summed E-state index contributed by atoms with van der Waals surface area (Å²) in [6, 6.07) is 14.8. The number of rotatable bonds is 3. The molecule has 0 bridgehead atoms. The summed E-state index contributed by atoms with van der Waals surface area (Å²) in [7, 11) is 0. The van der Waals surface area contributed by atoms with Crippen LogP contribution in [-0.2, 0) is 9.59 Å². The first-order valence-electron chi connectivity index (χ1n) is 10.1. The van der Waals surface area contributed by atoms with Crippen molar-refractivity contribution in [2.75, 3.05) is 11.7 Å². The van der Waals surface area contributed by atoms with E-state index >= 15 is 0 Å². The number of carbonyl (C=O) groups is 2. The Labute approximate surface area is 203 Å². The SMILES string of the molecule is Cc1cc(C=C2C(=O)NC(=S)N(c3ccc(Br)cc3)C2=O)c(C)n1-c1ccc2c(c1)OCO2. The van der Waals surface area contributed by atoms with Crippen LogP contribution < -0.4 is 19.7 Å². The van der Waals surface area contributed by atoms with Gasteiger partial charge in [0, 0.05) is 27.6 Å². The van der Waals surface area contributed by atoms with Gasteiger partial charge >= 0.3 is 0 Å². The molecule has 0 aliphatic carbocycles. The number of thiocarbonyl (C=S) groups is 1. The lowest BCUT2D eigenvalue weighted by atomic mass is 10.1. The maximum atomic E-state index is 13.3. The van der Waals surface area contributed by atoms with Crippen molar-refractivity contribution in [3.63, 3.8) is 0 Å². The number of anilines is 1. The van der Waals surface area contributed by atoms with Crippen LogP contribution in [0.2, 0.25) is 0 Å². The molecule has 5 rings (SSSR count). The fraction of sp³-hybridized carbons (Fsp3) is 0.125. The molecular formula is C24H18BrN3O4S. The molecule has 9 heteroatoms. The van der Waals surface area contributed by atoms with Gasteiger partial charge < -0.3 is 14.0 Å². The average molecular weight is 524 g/mol. The monoisotopic (exact) mass is 523 g/mol. The van der Waals surface area contributed by atoms with Gasteiger partial charge in [0.15, 0.2) is 16.6 Å². The van der Waals surface area contributed by atoms with Crippen molar-refractivity contribution in [3.05, 3.63) is 75.5 Å². The Balaban J connectivity index is 1.54. The first-order valence-corrected chi connectivity index (χ1v) is 11.3. The molecule has 3 heterocycles. The van der Waals surface area contributed by atoms with Gasteiger partial charge in [-0.05, 0) is 80.2 Å². The van der Waals surface area contributed by atoms with Crippen molar-refractivity contribution < 1.29 is 19.1 Å². The van der Waals surface area contributed by atoms with Crippen LogP contribution in [-0.4, -0.2) is 28.3 Å². The summed E-state index contributed by atoms with van der Waals surface area (Å²) in [6.45, 7) is 4.10. The van der Waals surface area contributed by atoms with E-state index < -0.39 is 11.8 Å². The van der Waals surface area contributed by atoms with E-state index in [9.17, 15) is 9.59 Å². The van der Waals surface area contributed by atoms with Crippen LogP contribution in [0.5, 0.6) is 11.5 Å². The Hall–Kier alpha value is -3.43. The largest absolute Gasteiger partial charge is 0.454 e. The molecule has 2 aliphatic heterocycles.